The second-order valence-electron chi connectivity index (χ2n) is 6.65. The van der Waals surface area contributed by atoms with Crippen LogP contribution in [0.25, 0.3) is 16.2 Å². The van der Waals surface area contributed by atoms with Crippen molar-refractivity contribution in [2.24, 2.45) is 0 Å². The standard InChI is InChI=1S/C22H26N2S.C2H6/c1-16-8-7-9-20(12-16)19(4)25-15-17(2)21-13-22(23-14-21)18(3)24-10-5-6-11-24;1-2/h7-9,12-15,23H,3-6,10-11H2,1-2H3;1-2H3/b17-15+;. The molecule has 1 saturated heterocycles. The lowest BCUT2D eigenvalue weighted by Crippen LogP contribution is -2.16. The van der Waals surface area contributed by atoms with E-state index in [1.807, 2.05) is 13.8 Å². The van der Waals surface area contributed by atoms with Crippen molar-refractivity contribution in [1.82, 2.24) is 9.88 Å². The van der Waals surface area contributed by atoms with E-state index in [-0.39, 0.29) is 0 Å². The number of allylic oxidation sites excluding steroid dienone is 1. The molecule has 1 N–H and O–H groups in total. The van der Waals surface area contributed by atoms with E-state index in [4.69, 9.17) is 0 Å². The average molecular weight is 381 g/mol. The number of hydrogen-bond acceptors (Lipinski definition) is 2. The van der Waals surface area contributed by atoms with Gasteiger partial charge in [0.1, 0.15) is 0 Å². The number of aryl methyl sites for hydroxylation is 1. The number of aromatic amines is 1. The minimum absolute atomic E-state index is 1.07. The van der Waals surface area contributed by atoms with Gasteiger partial charge in [0, 0.05) is 24.2 Å². The molecule has 1 fully saturated rings. The summed E-state index contributed by atoms with van der Waals surface area (Å²) in [5.74, 6) is 0. The summed E-state index contributed by atoms with van der Waals surface area (Å²) in [4.78, 5) is 6.81. The van der Waals surface area contributed by atoms with Crippen molar-refractivity contribution >= 4 is 27.9 Å². The van der Waals surface area contributed by atoms with E-state index in [0.29, 0.717) is 0 Å². The Labute approximate surface area is 169 Å². The van der Waals surface area contributed by atoms with Crippen LogP contribution in [0.3, 0.4) is 0 Å². The molecule has 0 spiro atoms. The van der Waals surface area contributed by atoms with Crippen LogP contribution >= 0.6 is 11.8 Å². The number of H-pyrrole nitrogens is 1. The fraction of sp³-hybridized carbons (Fsp3) is 0.333. The van der Waals surface area contributed by atoms with E-state index in [0.717, 1.165) is 29.4 Å². The van der Waals surface area contributed by atoms with Crippen LogP contribution in [-0.2, 0) is 0 Å². The lowest BCUT2D eigenvalue weighted by Gasteiger charge is -2.18. The third-order valence-electron chi connectivity index (χ3n) is 4.66. The van der Waals surface area contributed by atoms with Crippen molar-refractivity contribution in [1.29, 1.82) is 0 Å². The van der Waals surface area contributed by atoms with Gasteiger partial charge in [-0.15, -0.1) is 0 Å². The average Bonchev–Trinajstić information content (AvgIpc) is 3.39. The summed E-state index contributed by atoms with van der Waals surface area (Å²) in [5.41, 5.74) is 7.11. The van der Waals surface area contributed by atoms with Gasteiger partial charge < -0.3 is 9.88 Å². The molecule has 0 aliphatic carbocycles. The number of hydrogen-bond donors (Lipinski definition) is 1. The Morgan fingerprint density at radius 1 is 1.11 bits per heavy atom. The first-order valence-corrected chi connectivity index (χ1v) is 10.6. The molecule has 1 aromatic heterocycles. The molecule has 3 rings (SSSR count). The SMILES string of the molecule is C=C(S/C=C(\C)c1c[nH]c(C(=C)N2CCCC2)c1)c1cccc(C)c1.CC. The number of nitrogens with zero attached hydrogens (tertiary/aromatic N) is 1. The van der Waals surface area contributed by atoms with Gasteiger partial charge >= 0.3 is 0 Å². The maximum Gasteiger partial charge on any atom is 0.0618 e. The zero-order chi connectivity index (χ0) is 19.8. The van der Waals surface area contributed by atoms with E-state index in [2.05, 4.69) is 78.8 Å². The van der Waals surface area contributed by atoms with E-state index in [1.165, 1.54) is 35.1 Å². The summed E-state index contributed by atoms with van der Waals surface area (Å²) in [7, 11) is 0. The summed E-state index contributed by atoms with van der Waals surface area (Å²) < 4.78 is 0. The van der Waals surface area contributed by atoms with Gasteiger partial charge in [0.05, 0.1) is 11.4 Å². The fourth-order valence-electron chi connectivity index (χ4n) is 3.06. The zero-order valence-corrected chi connectivity index (χ0v) is 18.0. The zero-order valence-electron chi connectivity index (χ0n) is 17.1. The Morgan fingerprint density at radius 3 is 2.48 bits per heavy atom. The Kier molecular flexibility index (Phi) is 8.05. The number of likely N-dealkylation sites (tertiary alicyclic amines) is 1. The summed E-state index contributed by atoms with van der Waals surface area (Å²) in [5, 5.41) is 2.18. The van der Waals surface area contributed by atoms with Crippen molar-refractivity contribution in [3.63, 3.8) is 0 Å². The van der Waals surface area contributed by atoms with Crippen LogP contribution in [-0.4, -0.2) is 23.0 Å². The van der Waals surface area contributed by atoms with Crippen molar-refractivity contribution in [2.45, 2.75) is 40.5 Å². The number of rotatable bonds is 6. The van der Waals surface area contributed by atoms with Crippen LogP contribution in [0.2, 0.25) is 0 Å². The Bertz CT molecular complexity index is 807. The maximum atomic E-state index is 4.26. The molecule has 1 aromatic carbocycles. The van der Waals surface area contributed by atoms with Crippen LogP contribution in [0.4, 0.5) is 0 Å². The predicted molar refractivity (Wildman–Crippen MR) is 123 cm³/mol. The fourth-order valence-corrected chi connectivity index (χ4v) is 3.78. The first-order chi connectivity index (χ1) is 13.0. The van der Waals surface area contributed by atoms with Gasteiger partial charge in [-0.25, -0.2) is 0 Å². The van der Waals surface area contributed by atoms with E-state index in [1.54, 1.807) is 11.8 Å². The first-order valence-electron chi connectivity index (χ1n) is 9.77. The van der Waals surface area contributed by atoms with Crippen LogP contribution in [0.5, 0.6) is 0 Å². The Hall–Kier alpha value is -2.13. The Balaban J connectivity index is 0.00000126. The highest BCUT2D eigenvalue weighted by Crippen LogP contribution is 2.31. The van der Waals surface area contributed by atoms with Crippen molar-refractivity contribution in [3.05, 3.63) is 77.5 Å². The van der Waals surface area contributed by atoms with Crippen molar-refractivity contribution in [3.8, 4) is 0 Å². The number of benzene rings is 1. The van der Waals surface area contributed by atoms with Gasteiger partial charge in [0.15, 0.2) is 0 Å². The molecule has 0 radical (unpaired) electrons. The highest BCUT2D eigenvalue weighted by atomic mass is 32.2. The molecule has 0 unspecified atom stereocenters. The molecule has 1 aliphatic heterocycles. The monoisotopic (exact) mass is 380 g/mol. The lowest BCUT2D eigenvalue weighted by molar-refractivity contribution is 0.492. The van der Waals surface area contributed by atoms with Gasteiger partial charge in [-0.1, -0.05) is 68.6 Å². The minimum atomic E-state index is 1.07. The van der Waals surface area contributed by atoms with E-state index >= 15 is 0 Å². The third-order valence-corrected chi connectivity index (χ3v) is 5.65. The van der Waals surface area contributed by atoms with Crippen LogP contribution in [0, 0.1) is 6.92 Å². The minimum Gasteiger partial charge on any atom is -0.370 e. The number of aromatic nitrogens is 1. The third kappa shape index (κ3) is 5.67. The molecule has 144 valence electrons. The van der Waals surface area contributed by atoms with Gasteiger partial charge in [0.2, 0.25) is 0 Å². The number of thioether (sulfide) groups is 1. The van der Waals surface area contributed by atoms with Gasteiger partial charge in [-0.05, 0) is 54.9 Å². The molecular weight excluding hydrogens is 348 g/mol. The van der Waals surface area contributed by atoms with E-state index < -0.39 is 0 Å². The highest BCUT2D eigenvalue weighted by molar-refractivity contribution is 8.11. The van der Waals surface area contributed by atoms with Crippen molar-refractivity contribution < 1.29 is 0 Å². The van der Waals surface area contributed by atoms with Crippen LogP contribution < -0.4 is 0 Å². The lowest BCUT2D eigenvalue weighted by atomic mass is 10.1. The van der Waals surface area contributed by atoms with Crippen LogP contribution in [0.15, 0.2) is 55.1 Å². The summed E-state index contributed by atoms with van der Waals surface area (Å²) in [6.45, 7) is 19.0. The maximum absolute atomic E-state index is 4.26. The molecule has 2 nitrogen and oxygen atoms in total. The second-order valence-corrected chi connectivity index (χ2v) is 7.62. The molecular formula is C24H32N2S. The summed E-state index contributed by atoms with van der Waals surface area (Å²) in [6.07, 6.45) is 4.60. The first kappa shape index (κ1) is 21.2. The Morgan fingerprint density at radius 2 is 1.81 bits per heavy atom. The second kappa shape index (κ2) is 10.3. The van der Waals surface area contributed by atoms with E-state index in [9.17, 15) is 0 Å². The topological polar surface area (TPSA) is 19.0 Å². The molecule has 0 bridgehead atoms. The molecule has 0 atom stereocenters. The number of nitrogens with one attached hydrogen (secondary N) is 1. The summed E-state index contributed by atoms with van der Waals surface area (Å²) >= 11 is 1.68. The highest BCUT2D eigenvalue weighted by Gasteiger charge is 2.15. The predicted octanol–water partition coefficient (Wildman–Crippen LogP) is 7.18. The van der Waals surface area contributed by atoms with Crippen LogP contribution in [0.1, 0.15) is 56.0 Å². The van der Waals surface area contributed by atoms with Gasteiger partial charge in [-0.2, -0.15) is 0 Å². The smallest absolute Gasteiger partial charge is 0.0618 e. The summed E-state index contributed by atoms with van der Waals surface area (Å²) in [6, 6.07) is 10.7. The molecule has 0 amide bonds. The normalized spacial score (nSPS) is 13.9. The van der Waals surface area contributed by atoms with Gasteiger partial charge in [-0.3, -0.25) is 0 Å². The largest absolute Gasteiger partial charge is 0.370 e. The molecule has 27 heavy (non-hydrogen) atoms. The molecule has 1 aliphatic rings. The van der Waals surface area contributed by atoms with Crippen molar-refractivity contribution in [2.75, 3.05) is 13.1 Å². The molecule has 3 heteroatoms. The quantitative estimate of drug-likeness (QED) is 0.572. The van der Waals surface area contributed by atoms with Gasteiger partial charge in [0.25, 0.3) is 0 Å². The molecule has 2 heterocycles. The molecule has 2 aromatic rings. The molecule has 0 saturated carbocycles.